The maximum Gasteiger partial charge on any atom is 0.417 e. The van der Waals surface area contributed by atoms with Crippen molar-refractivity contribution in [1.82, 2.24) is 4.90 Å². The monoisotopic (exact) mass is 300 g/mol. The van der Waals surface area contributed by atoms with Gasteiger partial charge in [0.1, 0.15) is 0 Å². The summed E-state index contributed by atoms with van der Waals surface area (Å²) in [4.78, 5) is 12.7. The van der Waals surface area contributed by atoms with Crippen molar-refractivity contribution >= 4 is 5.97 Å². The average Bonchev–Trinajstić information content (AvgIpc) is 2.36. The summed E-state index contributed by atoms with van der Waals surface area (Å²) in [5.74, 6) is -0.314. The van der Waals surface area contributed by atoms with Crippen LogP contribution >= 0.6 is 0 Å². The molecular formula is C14H15F3N2O2. The van der Waals surface area contributed by atoms with E-state index in [0.717, 1.165) is 6.08 Å². The quantitative estimate of drug-likeness (QED) is 0.445. The molecule has 0 radical (unpaired) electrons. The summed E-state index contributed by atoms with van der Waals surface area (Å²) in [5.41, 5.74) is -1.62. The van der Waals surface area contributed by atoms with Gasteiger partial charge in [0.2, 0.25) is 0 Å². The van der Waals surface area contributed by atoms with Gasteiger partial charge in [0, 0.05) is 24.7 Å². The smallest absolute Gasteiger partial charge is 0.417 e. The van der Waals surface area contributed by atoms with Crippen molar-refractivity contribution in [3.63, 3.8) is 0 Å². The van der Waals surface area contributed by atoms with Gasteiger partial charge < -0.3 is 9.64 Å². The Morgan fingerprint density at radius 2 is 2.05 bits per heavy atom. The molecule has 1 heterocycles. The minimum atomic E-state index is -4.66. The Bertz CT molecular complexity index is 523. The zero-order valence-corrected chi connectivity index (χ0v) is 11.5. The lowest BCUT2D eigenvalue weighted by atomic mass is 9.95. The van der Waals surface area contributed by atoms with Gasteiger partial charge >= 0.3 is 12.1 Å². The van der Waals surface area contributed by atoms with Gasteiger partial charge in [-0.25, -0.2) is 0 Å². The number of likely N-dealkylation sites (tertiary alicyclic amines) is 1. The van der Waals surface area contributed by atoms with Crippen LogP contribution in [0.5, 0.6) is 0 Å². The highest BCUT2D eigenvalue weighted by molar-refractivity contribution is 5.69. The summed E-state index contributed by atoms with van der Waals surface area (Å²) in [7, 11) is 1.28. The van der Waals surface area contributed by atoms with Crippen LogP contribution in [0.4, 0.5) is 13.2 Å². The van der Waals surface area contributed by atoms with Crippen LogP contribution in [-0.4, -0.2) is 37.2 Å². The average molecular weight is 300 g/mol. The maximum absolute atomic E-state index is 12.8. The van der Waals surface area contributed by atoms with Crippen molar-refractivity contribution in [3.8, 4) is 6.07 Å². The second-order valence-electron chi connectivity index (χ2n) is 4.69. The maximum atomic E-state index is 12.8. The van der Waals surface area contributed by atoms with Gasteiger partial charge in [-0.05, 0) is 6.08 Å². The molecule has 0 saturated carbocycles. The SMILES string of the molecule is C=C(C#N)/C(=C\C(=C)N1CC(CC(=O)OC)C1)C(F)(F)F. The molecule has 0 unspecified atom stereocenters. The number of allylic oxidation sites excluding steroid dienone is 3. The third kappa shape index (κ3) is 4.38. The molecule has 1 saturated heterocycles. The highest BCUT2D eigenvalue weighted by Crippen LogP contribution is 2.33. The molecule has 0 aromatic heterocycles. The number of methoxy groups -OCH3 is 1. The van der Waals surface area contributed by atoms with E-state index in [1.54, 1.807) is 4.90 Å². The molecule has 0 aromatic rings. The van der Waals surface area contributed by atoms with Gasteiger partial charge in [-0.2, -0.15) is 18.4 Å². The minimum Gasteiger partial charge on any atom is -0.469 e. The second-order valence-corrected chi connectivity index (χ2v) is 4.69. The number of esters is 1. The number of hydrogen-bond acceptors (Lipinski definition) is 4. The molecule has 0 aromatic carbocycles. The van der Waals surface area contributed by atoms with E-state index in [2.05, 4.69) is 17.9 Å². The van der Waals surface area contributed by atoms with Crippen molar-refractivity contribution in [2.45, 2.75) is 12.6 Å². The first-order valence-electron chi connectivity index (χ1n) is 6.08. The number of halogens is 3. The van der Waals surface area contributed by atoms with Crippen LogP contribution < -0.4 is 0 Å². The number of nitrogens with zero attached hydrogens (tertiary/aromatic N) is 2. The molecule has 0 N–H and O–H groups in total. The first-order valence-corrected chi connectivity index (χ1v) is 6.08. The highest BCUT2D eigenvalue weighted by atomic mass is 19.4. The molecule has 7 heteroatoms. The molecule has 1 aliphatic rings. The lowest BCUT2D eigenvalue weighted by Crippen LogP contribution is -2.46. The Hall–Kier alpha value is -2.23. The summed E-state index contributed by atoms with van der Waals surface area (Å²) < 4.78 is 42.9. The predicted molar refractivity (Wildman–Crippen MR) is 69.7 cm³/mol. The summed E-state index contributed by atoms with van der Waals surface area (Å²) >= 11 is 0. The molecule has 0 amide bonds. The van der Waals surface area contributed by atoms with Gasteiger partial charge in [-0.15, -0.1) is 0 Å². The summed E-state index contributed by atoms with van der Waals surface area (Å²) in [6, 6.07) is 1.39. The van der Waals surface area contributed by atoms with Gasteiger partial charge in [0.15, 0.2) is 0 Å². The second kappa shape index (κ2) is 6.48. The fourth-order valence-corrected chi connectivity index (χ4v) is 1.91. The van der Waals surface area contributed by atoms with E-state index < -0.39 is 17.3 Å². The number of rotatable bonds is 5. The molecule has 0 spiro atoms. The topological polar surface area (TPSA) is 53.3 Å². The Balaban J connectivity index is 2.69. The zero-order chi connectivity index (χ0) is 16.2. The normalized spacial score (nSPS) is 16.0. The molecule has 114 valence electrons. The summed E-state index contributed by atoms with van der Waals surface area (Å²) in [5, 5.41) is 8.57. The van der Waals surface area contributed by atoms with E-state index in [1.165, 1.54) is 13.2 Å². The van der Waals surface area contributed by atoms with Crippen molar-refractivity contribution in [1.29, 1.82) is 5.26 Å². The Kier molecular flexibility index (Phi) is 5.19. The van der Waals surface area contributed by atoms with Crippen molar-refractivity contribution < 1.29 is 22.7 Å². The number of carbonyl (C=O) groups is 1. The van der Waals surface area contributed by atoms with E-state index in [1.807, 2.05) is 0 Å². The van der Waals surface area contributed by atoms with Crippen LogP contribution in [0.2, 0.25) is 0 Å². The Morgan fingerprint density at radius 1 is 1.48 bits per heavy atom. The lowest BCUT2D eigenvalue weighted by Gasteiger charge is -2.41. The van der Waals surface area contributed by atoms with Gasteiger partial charge in [-0.3, -0.25) is 4.79 Å². The molecule has 21 heavy (non-hydrogen) atoms. The lowest BCUT2D eigenvalue weighted by molar-refractivity contribution is -0.142. The molecule has 1 fully saturated rings. The number of hydrogen-bond donors (Lipinski definition) is 0. The first kappa shape index (κ1) is 16.8. The molecule has 1 aliphatic heterocycles. The summed E-state index contributed by atoms with van der Waals surface area (Å²) in [6.45, 7) is 7.51. The van der Waals surface area contributed by atoms with Crippen LogP contribution in [-0.2, 0) is 9.53 Å². The van der Waals surface area contributed by atoms with E-state index in [-0.39, 0.29) is 24.0 Å². The molecule has 0 atom stereocenters. The number of nitriles is 1. The van der Waals surface area contributed by atoms with Gasteiger partial charge in [0.25, 0.3) is 0 Å². The van der Waals surface area contributed by atoms with Crippen LogP contribution in [0, 0.1) is 17.2 Å². The third-order valence-electron chi connectivity index (χ3n) is 3.12. The van der Waals surface area contributed by atoms with Gasteiger partial charge in [-0.1, -0.05) is 13.2 Å². The standard InChI is InChI=1S/C14H15F3N2O2/c1-9(6-18)12(14(15,16)17)4-10(2)19-7-11(8-19)5-13(20)21-3/h4,11H,1-2,5,7-8H2,3H3/b12-4+. The zero-order valence-electron chi connectivity index (χ0n) is 11.5. The third-order valence-corrected chi connectivity index (χ3v) is 3.12. The Morgan fingerprint density at radius 3 is 2.48 bits per heavy atom. The first-order chi connectivity index (χ1) is 9.68. The van der Waals surface area contributed by atoms with E-state index in [9.17, 15) is 18.0 Å². The number of alkyl halides is 3. The van der Waals surface area contributed by atoms with Crippen LogP contribution in [0.15, 0.2) is 36.1 Å². The molecule has 1 rings (SSSR count). The predicted octanol–water partition coefficient (Wildman–Crippen LogP) is 2.56. The molecule has 4 nitrogen and oxygen atoms in total. The Labute approximate surface area is 120 Å². The van der Waals surface area contributed by atoms with E-state index in [4.69, 9.17) is 5.26 Å². The van der Waals surface area contributed by atoms with Crippen molar-refractivity contribution in [3.05, 3.63) is 36.1 Å². The molecule has 0 bridgehead atoms. The number of carbonyl (C=O) groups excluding carboxylic acids is 1. The molecule has 0 aliphatic carbocycles. The van der Waals surface area contributed by atoms with Crippen molar-refractivity contribution in [2.24, 2.45) is 5.92 Å². The van der Waals surface area contributed by atoms with E-state index in [0.29, 0.717) is 13.1 Å². The number of ether oxygens (including phenoxy) is 1. The fraction of sp³-hybridized carbons (Fsp3) is 0.429. The van der Waals surface area contributed by atoms with Crippen LogP contribution in [0.1, 0.15) is 6.42 Å². The van der Waals surface area contributed by atoms with E-state index >= 15 is 0 Å². The van der Waals surface area contributed by atoms with Crippen LogP contribution in [0.3, 0.4) is 0 Å². The van der Waals surface area contributed by atoms with Gasteiger partial charge in [0.05, 0.1) is 30.7 Å². The summed E-state index contributed by atoms with van der Waals surface area (Å²) in [6.07, 6.45) is -3.63. The van der Waals surface area contributed by atoms with Crippen molar-refractivity contribution in [2.75, 3.05) is 20.2 Å². The highest BCUT2D eigenvalue weighted by Gasteiger charge is 2.37. The van der Waals surface area contributed by atoms with Crippen LogP contribution in [0.25, 0.3) is 0 Å². The molecular weight excluding hydrogens is 285 g/mol. The fourth-order valence-electron chi connectivity index (χ4n) is 1.91. The largest absolute Gasteiger partial charge is 0.469 e. The minimum absolute atomic E-state index is 0.0381.